The molecule has 0 aromatic heterocycles. The molecular formula is C12H19N3O2S2. The van der Waals surface area contributed by atoms with Gasteiger partial charge in [0.05, 0.1) is 5.69 Å². The molecule has 1 unspecified atom stereocenters. The van der Waals surface area contributed by atoms with Crippen molar-refractivity contribution in [2.24, 2.45) is 0 Å². The molecule has 106 valence electrons. The summed E-state index contributed by atoms with van der Waals surface area (Å²) in [6.07, 6.45) is 2.51. The van der Waals surface area contributed by atoms with Crippen LogP contribution in [-0.2, 0) is 10.0 Å². The van der Waals surface area contributed by atoms with Crippen LogP contribution in [0.15, 0.2) is 23.1 Å². The summed E-state index contributed by atoms with van der Waals surface area (Å²) in [5.41, 5.74) is 6.93. The van der Waals surface area contributed by atoms with E-state index >= 15 is 0 Å². The summed E-state index contributed by atoms with van der Waals surface area (Å²) < 4.78 is 25.6. The van der Waals surface area contributed by atoms with Crippen LogP contribution in [0.25, 0.3) is 0 Å². The van der Waals surface area contributed by atoms with Gasteiger partial charge in [0, 0.05) is 17.5 Å². The van der Waals surface area contributed by atoms with Crippen LogP contribution in [0.4, 0.5) is 11.4 Å². The van der Waals surface area contributed by atoms with Crippen molar-refractivity contribution in [2.75, 3.05) is 30.4 Å². The molecule has 5 nitrogen and oxygen atoms in total. The molecule has 0 saturated carbocycles. The average Bonchev–Trinajstić information content (AvgIpc) is 2.89. The molecule has 1 aromatic rings. The second-order valence-electron chi connectivity index (χ2n) is 4.48. The topological polar surface area (TPSA) is 84.2 Å². The van der Waals surface area contributed by atoms with Crippen LogP contribution in [0.2, 0.25) is 0 Å². The van der Waals surface area contributed by atoms with E-state index in [4.69, 9.17) is 5.73 Å². The molecule has 0 spiro atoms. The van der Waals surface area contributed by atoms with Crippen LogP contribution >= 0.6 is 11.8 Å². The SMILES string of the molecule is CNS(=O)(=O)c1ccc(NCC2CCCS2)cc1N. The number of nitrogens with one attached hydrogen (secondary N) is 2. The largest absolute Gasteiger partial charge is 0.398 e. The molecule has 7 heteroatoms. The normalized spacial score (nSPS) is 19.5. The molecule has 0 aliphatic carbocycles. The summed E-state index contributed by atoms with van der Waals surface area (Å²) in [6.45, 7) is 0.891. The highest BCUT2D eigenvalue weighted by Gasteiger charge is 2.17. The molecule has 0 bridgehead atoms. The van der Waals surface area contributed by atoms with Gasteiger partial charge in [0.1, 0.15) is 4.90 Å². The first-order valence-electron chi connectivity index (χ1n) is 6.21. The fourth-order valence-electron chi connectivity index (χ4n) is 2.05. The molecule has 1 aliphatic rings. The fourth-order valence-corrected chi connectivity index (χ4v) is 4.09. The van der Waals surface area contributed by atoms with Gasteiger partial charge >= 0.3 is 0 Å². The Labute approximate surface area is 118 Å². The monoisotopic (exact) mass is 301 g/mol. The van der Waals surface area contributed by atoms with Gasteiger partial charge in [0.2, 0.25) is 10.0 Å². The quantitative estimate of drug-likeness (QED) is 0.718. The predicted octanol–water partition coefficient (Wildman–Crippen LogP) is 1.48. The predicted molar refractivity (Wildman–Crippen MR) is 81.1 cm³/mol. The van der Waals surface area contributed by atoms with E-state index in [1.807, 2.05) is 11.8 Å². The number of nitrogen functional groups attached to an aromatic ring is 1. The van der Waals surface area contributed by atoms with E-state index in [1.54, 1.807) is 12.1 Å². The zero-order valence-corrected chi connectivity index (χ0v) is 12.5. The Morgan fingerprint density at radius 3 is 2.84 bits per heavy atom. The minimum absolute atomic E-state index is 0.121. The molecule has 1 aromatic carbocycles. The van der Waals surface area contributed by atoms with Crippen LogP contribution in [-0.4, -0.2) is 33.0 Å². The second-order valence-corrected chi connectivity index (χ2v) is 7.74. The maximum absolute atomic E-state index is 11.7. The highest BCUT2D eigenvalue weighted by molar-refractivity contribution is 8.00. The van der Waals surface area contributed by atoms with Crippen molar-refractivity contribution in [3.05, 3.63) is 18.2 Å². The Hall–Kier alpha value is -0.920. The van der Waals surface area contributed by atoms with Gasteiger partial charge in [0.25, 0.3) is 0 Å². The Morgan fingerprint density at radius 1 is 1.47 bits per heavy atom. The second kappa shape index (κ2) is 6.02. The molecule has 1 heterocycles. The van der Waals surface area contributed by atoms with Gasteiger partial charge in [-0.1, -0.05) is 0 Å². The van der Waals surface area contributed by atoms with Gasteiger partial charge in [-0.15, -0.1) is 0 Å². The Balaban J connectivity index is 2.06. The number of rotatable bonds is 5. The standard InChI is InChI=1S/C12H19N3O2S2/c1-14-19(16,17)12-5-4-9(7-11(12)13)15-8-10-3-2-6-18-10/h4-5,7,10,14-15H,2-3,6,8,13H2,1H3. The van der Waals surface area contributed by atoms with Crippen molar-refractivity contribution in [3.8, 4) is 0 Å². The lowest BCUT2D eigenvalue weighted by Gasteiger charge is -2.13. The summed E-state index contributed by atoms with van der Waals surface area (Å²) in [4.78, 5) is 0.121. The molecule has 0 radical (unpaired) electrons. The smallest absolute Gasteiger partial charge is 0.242 e. The van der Waals surface area contributed by atoms with Crippen LogP contribution in [0.3, 0.4) is 0 Å². The van der Waals surface area contributed by atoms with Crippen LogP contribution in [0.1, 0.15) is 12.8 Å². The maximum atomic E-state index is 11.7. The number of anilines is 2. The number of nitrogens with two attached hydrogens (primary N) is 1. The number of hydrogen-bond donors (Lipinski definition) is 3. The zero-order valence-electron chi connectivity index (χ0n) is 10.8. The zero-order chi connectivity index (χ0) is 13.9. The van der Waals surface area contributed by atoms with Crippen molar-refractivity contribution >= 4 is 33.2 Å². The molecule has 0 amide bonds. The van der Waals surface area contributed by atoms with Gasteiger partial charge in [-0.05, 0) is 43.8 Å². The number of hydrogen-bond acceptors (Lipinski definition) is 5. The van der Waals surface area contributed by atoms with Gasteiger partial charge in [-0.25, -0.2) is 13.1 Å². The molecule has 4 N–H and O–H groups in total. The minimum atomic E-state index is -3.48. The molecule has 1 aliphatic heterocycles. The van der Waals surface area contributed by atoms with Crippen molar-refractivity contribution in [1.29, 1.82) is 0 Å². The Kier molecular flexibility index (Phi) is 4.59. The first kappa shape index (κ1) is 14.5. The summed E-state index contributed by atoms with van der Waals surface area (Å²) >= 11 is 1.98. The van der Waals surface area contributed by atoms with Crippen molar-refractivity contribution in [3.63, 3.8) is 0 Å². The van der Waals surface area contributed by atoms with E-state index in [9.17, 15) is 8.42 Å². The number of benzene rings is 1. The average molecular weight is 301 g/mol. The summed E-state index contributed by atoms with van der Waals surface area (Å²) in [6, 6.07) is 4.95. The Bertz CT molecular complexity index is 540. The fraction of sp³-hybridized carbons (Fsp3) is 0.500. The van der Waals surface area contributed by atoms with E-state index in [0.29, 0.717) is 5.25 Å². The van der Waals surface area contributed by atoms with E-state index in [1.165, 1.54) is 31.7 Å². The first-order valence-corrected chi connectivity index (χ1v) is 8.74. The van der Waals surface area contributed by atoms with Gasteiger partial charge < -0.3 is 11.1 Å². The number of thioether (sulfide) groups is 1. The molecular weight excluding hydrogens is 282 g/mol. The van der Waals surface area contributed by atoms with Crippen LogP contribution in [0.5, 0.6) is 0 Å². The van der Waals surface area contributed by atoms with E-state index in [2.05, 4.69) is 10.0 Å². The lowest BCUT2D eigenvalue weighted by atomic mass is 10.2. The van der Waals surface area contributed by atoms with Crippen LogP contribution < -0.4 is 15.8 Å². The Morgan fingerprint density at radius 2 is 2.26 bits per heavy atom. The van der Waals surface area contributed by atoms with Gasteiger partial charge in [-0.3, -0.25) is 0 Å². The van der Waals surface area contributed by atoms with Crippen molar-refractivity contribution < 1.29 is 8.42 Å². The van der Waals surface area contributed by atoms with E-state index < -0.39 is 10.0 Å². The van der Waals surface area contributed by atoms with E-state index in [-0.39, 0.29) is 10.6 Å². The summed E-state index contributed by atoms with van der Waals surface area (Å²) in [5.74, 6) is 1.23. The van der Waals surface area contributed by atoms with Crippen molar-refractivity contribution in [1.82, 2.24) is 4.72 Å². The lowest BCUT2D eigenvalue weighted by molar-refractivity contribution is 0.588. The summed E-state index contributed by atoms with van der Waals surface area (Å²) in [5, 5.41) is 3.95. The third kappa shape index (κ3) is 3.55. The summed E-state index contributed by atoms with van der Waals surface area (Å²) in [7, 11) is -2.11. The van der Waals surface area contributed by atoms with Gasteiger partial charge in [0.15, 0.2) is 0 Å². The highest BCUT2D eigenvalue weighted by Crippen LogP contribution is 2.27. The van der Waals surface area contributed by atoms with E-state index in [0.717, 1.165) is 12.2 Å². The third-order valence-electron chi connectivity index (χ3n) is 3.13. The maximum Gasteiger partial charge on any atom is 0.242 e. The highest BCUT2D eigenvalue weighted by atomic mass is 32.2. The van der Waals surface area contributed by atoms with Crippen LogP contribution in [0, 0.1) is 0 Å². The molecule has 1 saturated heterocycles. The number of sulfonamides is 1. The van der Waals surface area contributed by atoms with Gasteiger partial charge in [-0.2, -0.15) is 11.8 Å². The minimum Gasteiger partial charge on any atom is -0.398 e. The molecule has 1 fully saturated rings. The molecule has 1 atom stereocenters. The molecule has 2 rings (SSSR count). The molecule has 19 heavy (non-hydrogen) atoms. The first-order chi connectivity index (χ1) is 9.03. The lowest BCUT2D eigenvalue weighted by Crippen LogP contribution is -2.20. The van der Waals surface area contributed by atoms with Crippen molar-refractivity contribution in [2.45, 2.75) is 23.0 Å². The third-order valence-corrected chi connectivity index (χ3v) is 6.01.